The highest BCUT2D eigenvalue weighted by Gasteiger charge is 2.17. The standard InChI is InChI=1S/C11H14N2O3S/c1-8(2)13-17(14,15)7-10-9-5-3-4-6-11(9)16-12-10/h3-6,8,13H,7H2,1-2H3. The molecule has 17 heavy (non-hydrogen) atoms. The van der Waals surface area contributed by atoms with E-state index in [-0.39, 0.29) is 11.8 Å². The van der Waals surface area contributed by atoms with Crippen molar-refractivity contribution in [1.29, 1.82) is 0 Å². The largest absolute Gasteiger partial charge is 0.356 e. The fourth-order valence-electron chi connectivity index (χ4n) is 1.62. The molecule has 0 amide bonds. The molecule has 0 aliphatic heterocycles. The molecule has 0 atom stereocenters. The number of nitrogens with one attached hydrogen (secondary N) is 1. The van der Waals surface area contributed by atoms with E-state index in [0.29, 0.717) is 11.3 Å². The summed E-state index contributed by atoms with van der Waals surface area (Å²) in [6, 6.07) is 7.07. The Balaban J connectivity index is 2.30. The van der Waals surface area contributed by atoms with E-state index in [2.05, 4.69) is 9.88 Å². The second-order valence-electron chi connectivity index (χ2n) is 4.16. The lowest BCUT2D eigenvalue weighted by Gasteiger charge is -2.07. The zero-order valence-electron chi connectivity index (χ0n) is 9.67. The van der Waals surface area contributed by atoms with E-state index in [4.69, 9.17) is 4.52 Å². The summed E-state index contributed by atoms with van der Waals surface area (Å²) in [5, 5.41) is 4.53. The molecule has 0 aliphatic rings. The average molecular weight is 254 g/mol. The predicted octanol–water partition coefficient (Wildman–Crippen LogP) is 1.66. The number of fused-ring (bicyclic) bond motifs is 1. The molecule has 6 heteroatoms. The fraction of sp³-hybridized carbons (Fsp3) is 0.364. The van der Waals surface area contributed by atoms with E-state index in [1.54, 1.807) is 26.0 Å². The summed E-state index contributed by atoms with van der Waals surface area (Å²) < 4.78 is 31.1. The van der Waals surface area contributed by atoms with Gasteiger partial charge < -0.3 is 4.52 Å². The van der Waals surface area contributed by atoms with Gasteiger partial charge >= 0.3 is 0 Å². The molecule has 2 rings (SSSR count). The molecule has 92 valence electrons. The molecule has 0 saturated carbocycles. The summed E-state index contributed by atoms with van der Waals surface area (Å²) in [4.78, 5) is 0. The quantitative estimate of drug-likeness (QED) is 0.900. The zero-order valence-corrected chi connectivity index (χ0v) is 10.5. The van der Waals surface area contributed by atoms with Crippen molar-refractivity contribution in [3.05, 3.63) is 30.0 Å². The van der Waals surface area contributed by atoms with Crippen molar-refractivity contribution in [1.82, 2.24) is 9.88 Å². The van der Waals surface area contributed by atoms with E-state index in [0.717, 1.165) is 5.39 Å². The van der Waals surface area contributed by atoms with Crippen LogP contribution in [0, 0.1) is 0 Å². The summed E-state index contributed by atoms with van der Waals surface area (Å²) in [7, 11) is -3.37. The van der Waals surface area contributed by atoms with E-state index in [1.807, 2.05) is 12.1 Å². The van der Waals surface area contributed by atoms with Crippen molar-refractivity contribution in [2.75, 3.05) is 0 Å². The molecular formula is C11H14N2O3S. The topological polar surface area (TPSA) is 72.2 Å². The van der Waals surface area contributed by atoms with Gasteiger partial charge in [0.1, 0.15) is 11.4 Å². The first kappa shape index (κ1) is 12.1. The zero-order chi connectivity index (χ0) is 12.5. The van der Waals surface area contributed by atoms with Gasteiger partial charge in [0.2, 0.25) is 10.0 Å². The monoisotopic (exact) mass is 254 g/mol. The maximum Gasteiger partial charge on any atom is 0.217 e. The molecule has 2 aromatic rings. The molecule has 0 saturated heterocycles. The van der Waals surface area contributed by atoms with Crippen LogP contribution in [0.25, 0.3) is 11.0 Å². The van der Waals surface area contributed by atoms with Crippen molar-refractivity contribution < 1.29 is 12.9 Å². The summed E-state index contributed by atoms with van der Waals surface area (Å²) >= 11 is 0. The minimum atomic E-state index is -3.37. The van der Waals surface area contributed by atoms with Gasteiger partial charge in [-0.2, -0.15) is 0 Å². The lowest BCUT2D eigenvalue weighted by atomic mass is 10.2. The van der Waals surface area contributed by atoms with Crippen molar-refractivity contribution in [3.8, 4) is 0 Å². The fourth-order valence-corrected chi connectivity index (χ4v) is 2.99. The van der Waals surface area contributed by atoms with Crippen LogP contribution in [0.4, 0.5) is 0 Å². The minimum Gasteiger partial charge on any atom is -0.356 e. The second kappa shape index (κ2) is 4.46. The molecule has 0 spiro atoms. The SMILES string of the molecule is CC(C)NS(=O)(=O)Cc1noc2ccccc12. The number of nitrogens with zero attached hydrogens (tertiary/aromatic N) is 1. The molecule has 0 bridgehead atoms. The third-order valence-corrected chi connectivity index (χ3v) is 3.68. The third-order valence-electron chi connectivity index (χ3n) is 2.19. The summed E-state index contributed by atoms with van der Waals surface area (Å²) in [6.45, 7) is 3.55. The Morgan fingerprint density at radius 1 is 1.35 bits per heavy atom. The Morgan fingerprint density at radius 2 is 2.06 bits per heavy atom. The van der Waals surface area contributed by atoms with Crippen LogP contribution in [0.2, 0.25) is 0 Å². The second-order valence-corrected chi connectivity index (χ2v) is 5.91. The van der Waals surface area contributed by atoms with Crippen LogP contribution in [-0.4, -0.2) is 19.6 Å². The van der Waals surface area contributed by atoms with Crippen LogP contribution in [0.3, 0.4) is 0 Å². The number of aromatic nitrogens is 1. The van der Waals surface area contributed by atoms with Gasteiger partial charge in [-0.3, -0.25) is 0 Å². The van der Waals surface area contributed by atoms with Crippen molar-refractivity contribution in [3.63, 3.8) is 0 Å². The van der Waals surface area contributed by atoms with E-state index >= 15 is 0 Å². The molecular weight excluding hydrogens is 240 g/mol. The van der Waals surface area contributed by atoms with Crippen molar-refractivity contribution in [2.45, 2.75) is 25.6 Å². The third kappa shape index (κ3) is 2.83. The number of hydrogen-bond acceptors (Lipinski definition) is 4. The van der Waals surface area contributed by atoms with Gasteiger partial charge in [0.25, 0.3) is 0 Å². The highest BCUT2D eigenvalue weighted by molar-refractivity contribution is 7.88. The number of sulfonamides is 1. The van der Waals surface area contributed by atoms with E-state index in [1.165, 1.54) is 0 Å². The molecule has 0 aliphatic carbocycles. The Kier molecular flexibility index (Phi) is 3.17. The molecule has 1 aromatic heterocycles. The summed E-state index contributed by atoms with van der Waals surface area (Å²) in [5.41, 5.74) is 1.04. The Hall–Kier alpha value is -1.40. The maximum absolute atomic E-state index is 11.8. The van der Waals surface area contributed by atoms with E-state index in [9.17, 15) is 8.42 Å². The summed E-state index contributed by atoms with van der Waals surface area (Å²) in [5.74, 6) is -0.164. The number of rotatable bonds is 4. The van der Waals surface area contributed by atoms with Gasteiger partial charge in [-0.05, 0) is 26.0 Å². The molecule has 1 N–H and O–H groups in total. The lowest BCUT2D eigenvalue weighted by molar-refractivity contribution is 0.448. The Bertz CT molecular complexity index is 616. The van der Waals surface area contributed by atoms with Crippen LogP contribution >= 0.6 is 0 Å². The number of para-hydroxylation sites is 1. The summed E-state index contributed by atoms with van der Waals surface area (Å²) in [6.07, 6.45) is 0. The van der Waals surface area contributed by atoms with Gasteiger partial charge in [-0.15, -0.1) is 0 Å². The molecule has 0 radical (unpaired) electrons. The predicted molar refractivity (Wildman–Crippen MR) is 64.9 cm³/mol. The average Bonchev–Trinajstić information content (AvgIpc) is 2.59. The minimum absolute atomic E-state index is 0.127. The Labute approximate surface area is 99.8 Å². The van der Waals surface area contributed by atoms with Crippen LogP contribution < -0.4 is 4.72 Å². The molecule has 1 heterocycles. The smallest absolute Gasteiger partial charge is 0.217 e. The first-order valence-electron chi connectivity index (χ1n) is 5.31. The number of benzene rings is 1. The highest BCUT2D eigenvalue weighted by atomic mass is 32.2. The molecule has 0 fully saturated rings. The van der Waals surface area contributed by atoms with Gasteiger partial charge in [0.05, 0.1) is 0 Å². The van der Waals surface area contributed by atoms with Crippen LogP contribution in [-0.2, 0) is 15.8 Å². The van der Waals surface area contributed by atoms with Gasteiger partial charge in [0, 0.05) is 11.4 Å². The number of hydrogen-bond donors (Lipinski definition) is 1. The first-order chi connectivity index (χ1) is 7.98. The molecule has 1 aromatic carbocycles. The molecule has 5 nitrogen and oxygen atoms in total. The lowest BCUT2D eigenvalue weighted by Crippen LogP contribution is -2.31. The highest BCUT2D eigenvalue weighted by Crippen LogP contribution is 2.19. The maximum atomic E-state index is 11.8. The first-order valence-corrected chi connectivity index (χ1v) is 6.96. The van der Waals surface area contributed by atoms with Crippen molar-refractivity contribution >= 4 is 21.0 Å². The van der Waals surface area contributed by atoms with Crippen LogP contribution in [0.15, 0.2) is 28.8 Å². The Morgan fingerprint density at radius 3 is 2.76 bits per heavy atom. The molecule has 0 unspecified atom stereocenters. The van der Waals surface area contributed by atoms with Crippen LogP contribution in [0.1, 0.15) is 19.5 Å². The van der Waals surface area contributed by atoms with E-state index < -0.39 is 10.0 Å². The van der Waals surface area contributed by atoms with Gasteiger partial charge in [-0.25, -0.2) is 13.1 Å². The van der Waals surface area contributed by atoms with Gasteiger partial charge in [0.15, 0.2) is 5.58 Å². The van der Waals surface area contributed by atoms with Crippen LogP contribution in [0.5, 0.6) is 0 Å². The van der Waals surface area contributed by atoms with Gasteiger partial charge in [-0.1, -0.05) is 17.3 Å². The van der Waals surface area contributed by atoms with Crippen molar-refractivity contribution in [2.24, 2.45) is 0 Å². The normalized spacial score (nSPS) is 12.4.